The van der Waals surface area contributed by atoms with Gasteiger partial charge < -0.3 is 18.9 Å². The maximum absolute atomic E-state index is 12.1. The monoisotopic (exact) mass is 328 g/mol. The van der Waals surface area contributed by atoms with Gasteiger partial charge in [0.15, 0.2) is 23.9 Å². The van der Waals surface area contributed by atoms with Crippen molar-refractivity contribution in [2.75, 3.05) is 20.0 Å². The summed E-state index contributed by atoms with van der Waals surface area (Å²) < 4.78 is 20.8. The van der Waals surface area contributed by atoms with Gasteiger partial charge in [-0.25, -0.2) is 4.79 Å². The van der Waals surface area contributed by atoms with Crippen molar-refractivity contribution in [1.82, 2.24) is 0 Å². The van der Waals surface area contributed by atoms with E-state index in [1.54, 1.807) is 42.5 Å². The topological polar surface area (TPSA) is 71.1 Å². The molecule has 0 unspecified atom stereocenters. The molecule has 0 fully saturated rings. The van der Waals surface area contributed by atoms with E-state index in [1.807, 2.05) is 6.92 Å². The fourth-order valence-electron chi connectivity index (χ4n) is 2.22. The average molecular weight is 328 g/mol. The normalized spacial score (nSPS) is 11.9. The van der Waals surface area contributed by atoms with Crippen LogP contribution in [0.4, 0.5) is 0 Å². The van der Waals surface area contributed by atoms with Gasteiger partial charge in [0.1, 0.15) is 5.75 Å². The van der Waals surface area contributed by atoms with Crippen LogP contribution in [0, 0.1) is 0 Å². The highest BCUT2D eigenvalue weighted by Crippen LogP contribution is 2.32. The standard InChI is InChI=1S/C18H16O6/c1-2-21-14-6-3-12(4-7-14)18(20)22-10-15(19)13-5-8-16-17(9-13)24-11-23-16/h3-9H,2,10-11H2,1H3. The predicted molar refractivity (Wildman–Crippen MR) is 84.8 cm³/mol. The van der Waals surface area contributed by atoms with Crippen molar-refractivity contribution in [3.63, 3.8) is 0 Å². The number of ether oxygens (including phenoxy) is 4. The van der Waals surface area contributed by atoms with Crippen molar-refractivity contribution in [2.24, 2.45) is 0 Å². The molecule has 1 aliphatic rings. The molecule has 2 aromatic rings. The van der Waals surface area contributed by atoms with Crippen molar-refractivity contribution in [1.29, 1.82) is 0 Å². The molecule has 0 radical (unpaired) electrons. The van der Waals surface area contributed by atoms with Gasteiger partial charge in [-0.15, -0.1) is 0 Å². The molecule has 0 N–H and O–H groups in total. The molecule has 3 rings (SSSR count). The van der Waals surface area contributed by atoms with Crippen molar-refractivity contribution in [3.05, 3.63) is 53.6 Å². The van der Waals surface area contributed by atoms with Gasteiger partial charge in [0.2, 0.25) is 6.79 Å². The molecular formula is C18H16O6. The number of fused-ring (bicyclic) bond motifs is 1. The summed E-state index contributed by atoms with van der Waals surface area (Å²) in [7, 11) is 0. The first-order valence-corrected chi connectivity index (χ1v) is 7.50. The number of Topliss-reactive ketones (excluding diaryl/α,β-unsaturated/α-hetero) is 1. The smallest absolute Gasteiger partial charge is 0.338 e. The van der Waals surface area contributed by atoms with Crippen LogP contribution in [0.3, 0.4) is 0 Å². The number of ketones is 1. The molecule has 0 saturated heterocycles. The van der Waals surface area contributed by atoms with Crippen LogP contribution < -0.4 is 14.2 Å². The third-order valence-corrected chi connectivity index (χ3v) is 3.43. The third kappa shape index (κ3) is 3.48. The molecule has 6 nitrogen and oxygen atoms in total. The Morgan fingerprint density at radius 1 is 1.00 bits per heavy atom. The first-order valence-electron chi connectivity index (χ1n) is 7.50. The van der Waals surface area contributed by atoms with E-state index in [2.05, 4.69) is 0 Å². The predicted octanol–water partition coefficient (Wildman–Crippen LogP) is 2.85. The van der Waals surface area contributed by atoms with E-state index in [4.69, 9.17) is 18.9 Å². The van der Waals surface area contributed by atoms with Crippen molar-refractivity contribution in [2.45, 2.75) is 6.92 Å². The van der Waals surface area contributed by atoms with E-state index in [0.29, 0.717) is 35.0 Å². The van der Waals surface area contributed by atoms with E-state index in [9.17, 15) is 9.59 Å². The molecule has 0 amide bonds. The van der Waals surface area contributed by atoms with Crippen LogP contribution in [0.1, 0.15) is 27.6 Å². The summed E-state index contributed by atoms with van der Waals surface area (Å²) in [6.07, 6.45) is 0. The minimum atomic E-state index is -0.563. The van der Waals surface area contributed by atoms with E-state index in [0.717, 1.165) is 0 Å². The summed E-state index contributed by atoms with van der Waals surface area (Å²) >= 11 is 0. The van der Waals surface area contributed by atoms with E-state index < -0.39 is 5.97 Å². The zero-order valence-electron chi connectivity index (χ0n) is 13.1. The Balaban J connectivity index is 1.58. The molecule has 1 aliphatic heterocycles. The summed E-state index contributed by atoms with van der Waals surface area (Å²) in [6.45, 7) is 2.23. The van der Waals surface area contributed by atoms with E-state index >= 15 is 0 Å². The Kier molecular flexibility index (Phi) is 4.65. The van der Waals surface area contributed by atoms with Gasteiger partial charge in [0.05, 0.1) is 12.2 Å². The van der Waals surface area contributed by atoms with Gasteiger partial charge in [-0.2, -0.15) is 0 Å². The van der Waals surface area contributed by atoms with Crippen LogP contribution in [0.5, 0.6) is 17.2 Å². The Morgan fingerprint density at radius 2 is 1.71 bits per heavy atom. The molecule has 2 aromatic carbocycles. The Labute approximate surface area is 138 Å². The second-order valence-corrected chi connectivity index (χ2v) is 5.02. The maximum atomic E-state index is 12.1. The fraction of sp³-hybridized carbons (Fsp3) is 0.222. The van der Waals surface area contributed by atoms with Gasteiger partial charge in [-0.1, -0.05) is 0 Å². The zero-order valence-corrected chi connectivity index (χ0v) is 13.1. The molecule has 1 heterocycles. The van der Waals surface area contributed by atoms with Crippen molar-refractivity contribution < 1.29 is 28.5 Å². The summed E-state index contributed by atoms with van der Waals surface area (Å²) in [5.74, 6) is 0.904. The second kappa shape index (κ2) is 7.04. The lowest BCUT2D eigenvalue weighted by molar-refractivity contribution is 0.0474. The minimum absolute atomic E-state index is 0.139. The summed E-state index contributed by atoms with van der Waals surface area (Å²) in [4.78, 5) is 24.1. The van der Waals surface area contributed by atoms with Crippen LogP contribution in [-0.4, -0.2) is 31.8 Å². The number of hydrogen-bond acceptors (Lipinski definition) is 6. The number of carbonyl (C=O) groups excluding carboxylic acids is 2. The molecule has 0 aliphatic carbocycles. The fourth-order valence-corrected chi connectivity index (χ4v) is 2.22. The Bertz CT molecular complexity index is 751. The molecule has 0 atom stereocenters. The van der Waals surface area contributed by atoms with Crippen LogP contribution >= 0.6 is 0 Å². The molecular weight excluding hydrogens is 312 g/mol. The van der Waals surface area contributed by atoms with Gasteiger partial charge in [-0.05, 0) is 49.4 Å². The Hall–Kier alpha value is -3.02. The number of benzene rings is 2. The summed E-state index contributed by atoms with van der Waals surface area (Å²) in [5.41, 5.74) is 0.760. The minimum Gasteiger partial charge on any atom is -0.494 e. The lowest BCUT2D eigenvalue weighted by atomic mass is 10.1. The van der Waals surface area contributed by atoms with Gasteiger partial charge in [0, 0.05) is 5.56 Å². The molecule has 0 bridgehead atoms. The van der Waals surface area contributed by atoms with Crippen LogP contribution in [0.2, 0.25) is 0 Å². The van der Waals surface area contributed by atoms with E-state index in [-0.39, 0.29) is 19.2 Å². The SMILES string of the molecule is CCOc1ccc(C(=O)OCC(=O)c2ccc3c(c2)OCO3)cc1. The van der Waals surface area contributed by atoms with Crippen molar-refractivity contribution >= 4 is 11.8 Å². The van der Waals surface area contributed by atoms with Crippen LogP contribution in [0.25, 0.3) is 0 Å². The van der Waals surface area contributed by atoms with Crippen LogP contribution in [0.15, 0.2) is 42.5 Å². The summed E-state index contributed by atoms with van der Waals surface area (Å²) in [5, 5.41) is 0. The average Bonchev–Trinajstić information content (AvgIpc) is 3.08. The molecule has 6 heteroatoms. The quantitative estimate of drug-likeness (QED) is 0.600. The largest absolute Gasteiger partial charge is 0.494 e. The number of esters is 1. The van der Waals surface area contributed by atoms with Gasteiger partial charge >= 0.3 is 5.97 Å². The molecule has 124 valence electrons. The molecule has 24 heavy (non-hydrogen) atoms. The number of hydrogen-bond donors (Lipinski definition) is 0. The van der Waals surface area contributed by atoms with Crippen LogP contribution in [-0.2, 0) is 4.74 Å². The first kappa shape index (κ1) is 15.9. The van der Waals surface area contributed by atoms with Gasteiger partial charge in [0.25, 0.3) is 0 Å². The Morgan fingerprint density at radius 3 is 2.46 bits per heavy atom. The van der Waals surface area contributed by atoms with Gasteiger partial charge in [-0.3, -0.25) is 4.79 Å². The first-order chi connectivity index (χ1) is 11.7. The van der Waals surface area contributed by atoms with E-state index in [1.165, 1.54) is 0 Å². The molecule has 0 saturated carbocycles. The molecule has 0 aromatic heterocycles. The summed E-state index contributed by atoms with van der Waals surface area (Å²) in [6, 6.07) is 11.4. The molecule has 0 spiro atoms. The second-order valence-electron chi connectivity index (χ2n) is 5.02. The highest BCUT2D eigenvalue weighted by molar-refractivity contribution is 5.99. The third-order valence-electron chi connectivity index (χ3n) is 3.43. The highest BCUT2D eigenvalue weighted by atomic mass is 16.7. The lowest BCUT2D eigenvalue weighted by Crippen LogP contribution is -2.14. The number of rotatable bonds is 6. The zero-order chi connectivity index (χ0) is 16.9. The number of carbonyl (C=O) groups is 2. The lowest BCUT2D eigenvalue weighted by Gasteiger charge is -2.06. The van der Waals surface area contributed by atoms with Crippen molar-refractivity contribution in [3.8, 4) is 17.2 Å². The highest BCUT2D eigenvalue weighted by Gasteiger charge is 2.17. The maximum Gasteiger partial charge on any atom is 0.338 e.